The largest absolute Gasteiger partial charge is 0.497 e. The molecule has 5 N–H and O–H groups in total. The smallest absolute Gasteiger partial charge is 0.411 e. The third kappa shape index (κ3) is 14.9. The Hall–Kier alpha value is -7.01. The number of methoxy groups -OCH3 is 2. The van der Waals surface area contributed by atoms with E-state index in [1.165, 1.54) is 53.7 Å². The third-order valence-corrected chi connectivity index (χ3v) is 15.5. The van der Waals surface area contributed by atoms with E-state index < -0.39 is 81.1 Å². The van der Waals surface area contributed by atoms with E-state index >= 15 is 0 Å². The zero-order chi connectivity index (χ0) is 55.7. The number of hydrogen-bond acceptors (Lipinski definition) is 17. The average molecular weight is 1100 g/mol. The van der Waals surface area contributed by atoms with E-state index in [4.69, 9.17) is 33.7 Å². The molecular formula is C54H70N8O13S2. The molecule has 2 aromatic carbocycles. The number of carbonyl (C=O) groups is 6. The Balaban J connectivity index is 0.998. The molecule has 21 nitrogen and oxygen atoms in total. The van der Waals surface area contributed by atoms with Gasteiger partial charge < -0.3 is 45.0 Å². The fraction of sp³-hybridized carbons (Fsp3) is 0.519. The van der Waals surface area contributed by atoms with Crippen LogP contribution in [0.1, 0.15) is 112 Å². The lowest BCUT2D eigenvalue weighted by atomic mass is 10.1. The number of carbonyl (C=O) groups excluding carboxylic acids is 6. The fourth-order valence-corrected chi connectivity index (χ4v) is 11.5. The van der Waals surface area contributed by atoms with Crippen LogP contribution in [0, 0.1) is 5.92 Å². The van der Waals surface area contributed by atoms with Crippen LogP contribution >= 0.6 is 11.3 Å². The summed E-state index contributed by atoms with van der Waals surface area (Å²) in [5.74, 6) is -2.55. The highest BCUT2D eigenvalue weighted by molar-refractivity contribution is 7.90. The van der Waals surface area contributed by atoms with Gasteiger partial charge in [-0.05, 0) is 104 Å². The predicted octanol–water partition coefficient (Wildman–Crippen LogP) is 8.00. The second-order valence-electron chi connectivity index (χ2n) is 20.8. The van der Waals surface area contributed by atoms with Gasteiger partial charge in [-0.15, -0.1) is 17.9 Å². The number of pyridine rings is 1. The average Bonchev–Trinajstić information content (AvgIpc) is 3.88. The number of alkyl carbamates (subject to hydrolysis) is 1. The number of amides is 5. The first-order valence-electron chi connectivity index (χ1n) is 25.9. The molecule has 3 aliphatic rings. The minimum absolute atomic E-state index is 0.00808. The molecule has 0 bridgehead atoms. The molecule has 416 valence electrons. The van der Waals surface area contributed by atoms with Gasteiger partial charge in [0.2, 0.25) is 11.8 Å². The first-order chi connectivity index (χ1) is 36.6. The van der Waals surface area contributed by atoms with Crippen LogP contribution in [0.2, 0.25) is 0 Å². The molecule has 2 aromatic heterocycles. The molecule has 1 aliphatic heterocycles. The molecule has 3 fully saturated rings. The molecule has 23 heteroatoms. The molecule has 4 aromatic rings. The van der Waals surface area contributed by atoms with Gasteiger partial charge in [-0.1, -0.05) is 37.5 Å². The number of anilines is 2. The quantitative estimate of drug-likeness (QED) is 0.0204. The molecule has 0 unspecified atom stereocenters. The van der Waals surface area contributed by atoms with E-state index in [-0.39, 0.29) is 48.5 Å². The number of hydrogen-bond donors (Lipinski definition) is 5. The lowest BCUT2D eigenvalue weighted by Gasteiger charge is -2.29. The molecule has 0 spiro atoms. The summed E-state index contributed by atoms with van der Waals surface area (Å²) < 4.78 is 58.4. The Labute approximate surface area is 453 Å². The zero-order valence-corrected chi connectivity index (χ0v) is 46.2. The Morgan fingerprint density at radius 2 is 1.69 bits per heavy atom. The zero-order valence-electron chi connectivity index (χ0n) is 44.6. The lowest BCUT2D eigenvalue weighted by molar-refractivity contribution is -0.143. The molecule has 0 radical (unpaired) electrons. The number of nitrogens with zero attached hydrogens (tertiary/aromatic N) is 3. The van der Waals surface area contributed by atoms with Crippen molar-refractivity contribution in [2.45, 2.75) is 158 Å². The Morgan fingerprint density at radius 3 is 2.38 bits per heavy atom. The summed E-state index contributed by atoms with van der Waals surface area (Å²) in [6.45, 7) is 12.8. The Kier molecular flexibility index (Phi) is 18.7. The van der Waals surface area contributed by atoms with Gasteiger partial charge in [0.05, 0.1) is 37.7 Å². The van der Waals surface area contributed by atoms with Crippen LogP contribution in [0.5, 0.6) is 11.5 Å². The first-order valence-corrected chi connectivity index (χ1v) is 28.3. The number of nitrogens with one attached hydrogen (secondary N) is 5. The SMILES string of the molecule is C=C[C@@H]1C[C@]1(NC(=O)[C@@H]1C[C@@H](Oc2cc(-c3csc(NC(C)C)n3)nc3cc(OC)ccc23)CN1C(=O)OC(C)(C)C)C(=O)NS(=O)(=O)c1ccccc1NC(=O)CCCCCC[C@H](NC(=O)OC1CCCC1)C(=O)OC. The van der Waals surface area contributed by atoms with Gasteiger partial charge in [-0.25, -0.2) is 37.5 Å². The van der Waals surface area contributed by atoms with Gasteiger partial charge >= 0.3 is 18.2 Å². The number of thiazole rings is 1. The van der Waals surface area contributed by atoms with Gasteiger partial charge in [0, 0.05) is 47.7 Å². The number of likely N-dealkylation sites (tertiary alicyclic amines) is 1. The van der Waals surface area contributed by atoms with Crippen molar-refractivity contribution in [2.75, 3.05) is 31.4 Å². The van der Waals surface area contributed by atoms with Crippen LogP contribution in [-0.4, -0.2) is 121 Å². The van der Waals surface area contributed by atoms with E-state index in [1.807, 2.05) is 19.2 Å². The number of unbranched alkanes of at least 4 members (excludes halogenated alkanes) is 3. The molecule has 3 heterocycles. The second-order valence-corrected chi connectivity index (χ2v) is 23.3. The Morgan fingerprint density at radius 1 is 0.948 bits per heavy atom. The third-order valence-electron chi connectivity index (χ3n) is 13.4. The number of esters is 1. The highest BCUT2D eigenvalue weighted by Crippen LogP contribution is 2.46. The van der Waals surface area contributed by atoms with E-state index in [2.05, 4.69) is 32.6 Å². The standard InChI is InChI=1S/C54H70N8O13S2/c1-9-33-29-54(33,49(66)61-77(69,70)45-22-17-16-20-38(45)57-46(63)23-13-11-10-12-21-39(48(65)72-8)59-51(67)74-34-18-14-15-19-34)60-47(64)43-27-36(30-62(43)52(68)75-53(4,5)6)73-44-28-41(42-31-76-50(58-42)55-32(2)3)56-40-26-35(71-7)24-25-37(40)44/h9,16-17,20,22,24-26,28,31-34,36,39,43H,1,10-15,18-19,21,23,27,29-30H2,2-8H3,(H,55,58)(H,57,63)(H,59,67)(H,60,64)(H,61,66)/t33-,36-,39+,43+,54-/m1/s1. The number of aromatic nitrogens is 2. The van der Waals surface area contributed by atoms with Crippen LogP contribution in [0.15, 0.2) is 71.5 Å². The summed E-state index contributed by atoms with van der Waals surface area (Å²) in [5, 5.41) is 14.6. The van der Waals surface area contributed by atoms with Crippen molar-refractivity contribution < 1.29 is 60.9 Å². The fourth-order valence-electron chi connectivity index (χ4n) is 9.40. The van der Waals surface area contributed by atoms with Crippen molar-refractivity contribution in [3.05, 3.63) is 66.6 Å². The number of ether oxygens (including phenoxy) is 5. The normalized spacial score (nSPS) is 19.7. The molecule has 5 amide bonds. The number of rotatable bonds is 23. The Bertz CT molecular complexity index is 2940. The van der Waals surface area contributed by atoms with Gasteiger partial charge in [-0.3, -0.25) is 19.3 Å². The molecule has 7 rings (SSSR count). The highest BCUT2D eigenvalue weighted by Gasteiger charge is 2.61. The van der Waals surface area contributed by atoms with Crippen molar-refractivity contribution in [2.24, 2.45) is 5.92 Å². The molecular weight excluding hydrogens is 1030 g/mol. The summed E-state index contributed by atoms with van der Waals surface area (Å²) in [4.78, 5) is 91.1. The summed E-state index contributed by atoms with van der Waals surface area (Å²) >= 11 is 1.43. The van der Waals surface area contributed by atoms with Crippen molar-refractivity contribution in [3.63, 3.8) is 0 Å². The summed E-state index contributed by atoms with van der Waals surface area (Å²) in [6.07, 6.45) is 5.14. The van der Waals surface area contributed by atoms with E-state index in [1.54, 1.807) is 52.1 Å². The summed E-state index contributed by atoms with van der Waals surface area (Å²) in [5.41, 5.74) is -1.10. The topological polar surface area (TPSA) is 272 Å². The van der Waals surface area contributed by atoms with Gasteiger partial charge in [-0.2, -0.15) is 0 Å². The van der Waals surface area contributed by atoms with Crippen LogP contribution in [0.4, 0.5) is 20.4 Å². The van der Waals surface area contributed by atoms with Gasteiger partial charge in [0.15, 0.2) is 5.13 Å². The van der Waals surface area contributed by atoms with Gasteiger partial charge in [0.25, 0.3) is 15.9 Å². The van der Waals surface area contributed by atoms with Gasteiger partial charge in [0.1, 0.15) is 57.5 Å². The van der Waals surface area contributed by atoms with Crippen LogP contribution in [0.25, 0.3) is 22.3 Å². The number of benzene rings is 2. The maximum Gasteiger partial charge on any atom is 0.411 e. The molecule has 2 saturated carbocycles. The number of fused-ring (bicyclic) bond motifs is 1. The molecule has 77 heavy (non-hydrogen) atoms. The first kappa shape index (κ1) is 57.7. The van der Waals surface area contributed by atoms with Crippen molar-refractivity contribution in [3.8, 4) is 22.9 Å². The lowest BCUT2D eigenvalue weighted by Crippen LogP contribution is -2.56. The van der Waals surface area contributed by atoms with Crippen molar-refractivity contribution in [1.82, 2.24) is 30.2 Å². The van der Waals surface area contributed by atoms with E-state index in [0.717, 1.165) is 25.7 Å². The number of sulfonamides is 1. The minimum Gasteiger partial charge on any atom is -0.497 e. The summed E-state index contributed by atoms with van der Waals surface area (Å²) in [6, 6.07) is 10.8. The van der Waals surface area contributed by atoms with Crippen LogP contribution < -0.4 is 35.5 Å². The highest BCUT2D eigenvalue weighted by atomic mass is 32.2. The molecule has 5 atom stereocenters. The van der Waals surface area contributed by atoms with E-state index in [9.17, 15) is 37.2 Å². The van der Waals surface area contributed by atoms with Crippen LogP contribution in [-0.2, 0) is 43.4 Å². The number of para-hydroxylation sites is 1. The molecule has 2 aliphatic carbocycles. The second kappa shape index (κ2) is 25.0. The monoisotopic (exact) mass is 1100 g/mol. The molecule has 1 saturated heterocycles. The maximum atomic E-state index is 14.6. The summed E-state index contributed by atoms with van der Waals surface area (Å²) in [7, 11) is -1.88. The van der Waals surface area contributed by atoms with E-state index in [0.29, 0.717) is 71.0 Å². The maximum absolute atomic E-state index is 14.6. The van der Waals surface area contributed by atoms with Crippen LogP contribution in [0.3, 0.4) is 0 Å². The van der Waals surface area contributed by atoms with Crippen molar-refractivity contribution in [1.29, 1.82) is 0 Å². The minimum atomic E-state index is -4.67. The predicted molar refractivity (Wildman–Crippen MR) is 289 cm³/mol. The van der Waals surface area contributed by atoms with Crippen molar-refractivity contribution >= 4 is 79.0 Å².